The largest absolute Gasteiger partial charge is 0.460 e. The topological polar surface area (TPSA) is 69.9 Å². The van der Waals surface area contributed by atoms with E-state index in [2.05, 4.69) is 4.99 Å². The number of benzene rings is 2. The molecule has 1 aromatic heterocycles. The molecule has 0 bridgehead atoms. The van der Waals surface area contributed by atoms with Crippen molar-refractivity contribution in [3.05, 3.63) is 96.2 Å². The zero-order valence-electron chi connectivity index (χ0n) is 19.5. The van der Waals surface area contributed by atoms with Gasteiger partial charge < -0.3 is 9.47 Å². The third-order valence-electron chi connectivity index (χ3n) is 5.57. The molecular formula is C26H26N2O4S2. The first-order valence-corrected chi connectivity index (χ1v) is 12.9. The van der Waals surface area contributed by atoms with E-state index in [9.17, 15) is 9.59 Å². The van der Waals surface area contributed by atoms with Gasteiger partial charge in [0.15, 0.2) is 4.80 Å². The molecule has 2 heterocycles. The number of allylic oxidation sites excluding steroid dienone is 1. The Bertz CT molecular complexity index is 1400. The van der Waals surface area contributed by atoms with Crippen molar-refractivity contribution in [3.8, 4) is 0 Å². The van der Waals surface area contributed by atoms with E-state index in [1.165, 1.54) is 11.3 Å². The predicted octanol–water partition coefficient (Wildman–Crippen LogP) is 3.46. The summed E-state index contributed by atoms with van der Waals surface area (Å²) in [6.07, 6.45) is 3.87. The molecule has 0 aliphatic carbocycles. The molecule has 3 aromatic rings. The fourth-order valence-electron chi connectivity index (χ4n) is 3.79. The minimum atomic E-state index is -0.623. The van der Waals surface area contributed by atoms with Gasteiger partial charge in [-0.15, -0.1) is 11.8 Å². The van der Waals surface area contributed by atoms with E-state index in [-0.39, 0.29) is 12.2 Å². The number of thiazole rings is 1. The van der Waals surface area contributed by atoms with Gasteiger partial charge in [0.05, 0.1) is 28.5 Å². The summed E-state index contributed by atoms with van der Waals surface area (Å²) in [5.74, 6) is -0.495. The summed E-state index contributed by atoms with van der Waals surface area (Å²) in [7, 11) is 1.55. The third-order valence-corrected chi connectivity index (χ3v) is 7.30. The van der Waals surface area contributed by atoms with Gasteiger partial charge in [0.1, 0.15) is 6.61 Å². The molecule has 176 valence electrons. The molecule has 34 heavy (non-hydrogen) atoms. The van der Waals surface area contributed by atoms with E-state index in [0.29, 0.717) is 27.2 Å². The van der Waals surface area contributed by atoms with Gasteiger partial charge in [-0.1, -0.05) is 53.3 Å². The van der Waals surface area contributed by atoms with Crippen molar-refractivity contribution < 1.29 is 14.3 Å². The fourth-order valence-corrected chi connectivity index (χ4v) is 5.25. The quantitative estimate of drug-likeness (QED) is 0.286. The molecule has 1 aliphatic rings. The van der Waals surface area contributed by atoms with Gasteiger partial charge in [-0.2, -0.15) is 0 Å². The second-order valence-corrected chi connectivity index (χ2v) is 9.78. The number of methoxy groups -OCH3 is 1. The predicted molar refractivity (Wildman–Crippen MR) is 136 cm³/mol. The van der Waals surface area contributed by atoms with E-state index >= 15 is 0 Å². The summed E-state index contributed by atoms with van der Waals surface area (Å²) in [5, 5.41) is 0. The maximum Gasteiger partial charge on any atom is 0.338 e. The number of hydrogen-bond acceptors (Lipinski definition) is 7. The standard InChI is InChI=1S/C26H26N2O4S2/c1-16-5-7-18(8-6-16)15-21-24(29)28-23(19-9-11-20(33-4)12-10-19)22(17(2)27-26(28)34-21)25(30)32-14-13-31-3/h5-12,15,23H,13-14H2,1-4H3/b21-15+. The summed E-state index contributed by atoms with van der Waals surface area (Å²) in [4.78, 5) is 33.0. The SMILES string of the molecule is COCCOC(=O)C1=C(C)N=c2s/c(=C/c3ccc(C)cc3)c(=O)n2C1c1ccc(SC)cc1. The average Bonchev–Trinajstić information content (AvgIpc) is 3.14. The van der Waals surface area contributed by atoms with Crippen LogP contribution in [0.5, 0.6) is 0 Å². The Kier molecular flexibility index (Phi) is 7.50. The summed E-state index contributed by atoms with van der Waals surface area (Å²) >= 11 is 2.96. The number of carbonyl (C=O) groups excluding carboxylic acids is 1. The minimum absolute atomic E-state index is 0.127. The maximum atomic E-state index is 13.6. The monoisotopic (exact) mass is 494 g/mol. The van der Waals surface area contributed by atoms with Gasteiger partial charge in [0.25, 0.3) is 5.56 Å². The molecular weight excluding hydrogens is 468 g/mol. The van der Waals surface area contributed by atoms with Crippen LogP contribution < -0.4 is 14.9 Å². The van der Waals surface area contributed by atoms with Gasteiger partial charge in [0.2, 0.25) is 0 Å². The molecule has 1 atom stereocenters. The highest BCUT2D eigenvalue weighted by atomic mass is 32.2. The maximum absolute atomic E-state index is 13.6. The van der Waals surface area contributed by atoms with E-state index < -0.39 is 12.0 Å². The van der Waals surface area contributed by atoms with Crippen LogP contribution in [0.4, 0.5) is 0 Å². The second kappa shape index (κ2) is 10.5. The highest BCUT2D eigenvalue weighted by Crippen LogP contribution is 2.31. The number of aryl methyl sites for hydroxylation is 1. The molecule has 1 unspecified atom stereocenters. The van der Waals surface area contributed by atoms with E-state index in [0.717, 1.165) is 21.6 Å². The Hall–Kier alpha value is -2.94. The minimum Gasteiger partial charge on any atom is -0.460 e. The zero-order chi connectivity index (χ0) is 24.2. The summed E-state index contributed by atoms with van der Waals surface area (Å²) in [6.45, 7) is 4.23. The first-order chi connectivity index (χ1) is 16.4. The summed E-state index contributed by atoms with van der Waals surface area (Å²) in [5.41, 5.74) is 3.64. The third kappa shape index (κ3) is 4.94. The Balaban J connectivity index is 1.87. The fraction of sp³-hybridized carbons (Fsp3) is 0.269. The molecule has 0 saturated heterocycles. The van der Waals surface area contributed by atoms with Gasteiger partial charge in [-0.25, -0.2) is 9.79 Å². The Morgan fingerprint density at radius 1 is 1.12 bits per heavy atom. The van der Waals surface area contributed by atoms with Crippen LogP contribution in [0.3, 0.4) is 0 Å². The Morgan fingerprint density at radius 2 is 1.82 bits per heavy atom. The molecule has 0 saturated carbocycles. The number of rotatable bonds is 7. The number of carbonyl (C=O) groups is 1. The lowest BCUT2D eigenvalue weighted by atomic mass is 9.96. The lowest BCUT2D eigenvalue weighted by Gasteiger charge is -2.25. The molecule has 8 heteroatoms. The van der Waals surface area contributed by atoms with Crippen molar-refractivity contribution in [3.63, 3.8) is 0 Å². The molecule has 0 spiro atoms. The number of nitrogens with zero attached hydrogens (tertiary/aromatic N) is 2. The molecule has 0 radical (unpaired) electrons. The molecule has 1 aliphatic heterocycles. The van der Waals surface area contributed by atoms with E-state index in [1.807, 2.05) is 67.8 Å². The molecule has 4 rings (SSSR count). The van der Waals surface area contributed by atoms with Crippen LogP contribution in [-0.4, -0.2) is 37.1 Å². The molecule has 2 aromatic carbocycles. The summed E-state index contributed by atoms with van der Waals surface area (Å²) in [6, 6.07) is 15.3. The van der Waals surface area contributed by atoms with Crippen molar-refractivity contribution >= 4 is 35.1 Å². The number of thioether (sulfide) groups is 1. The number of esters is 1. The number of aromatic nitrogens is 1. The van der Waals surface area contributed by atoms with Gasteiger partial charge in [-0.3, -0.25) is 9.36 Å². The van der Waals surface area contributed by atoms with Crippen LogP contribution >= 0.6 is 23.1 Å². The summed E-state index contributed by atoms with van der Waals surface area (Å²) < 4.78 is 12.6. The Morgan fingerprint density at radius 3 is 2.47 bits per heavy atom. The van der Waals surface area contributed by atoms with Crippen LogP contribution in [0.25, 0.3) is 6.08 Å². The second-order valence-electron chi connectivity index (χ2n) is 7.89. The van der Waals surface area contributed by atoms with Crippen molar-refractivity contribution in [2.24, 2.45) is 4.99 Å². The lowest BCUT2D eigenvalue weighted by Crippen LogP contribution is -2.40. The van der Waals surface area contributed by atoms with Crippen molar-refractivity contribution in [1.29, 1.82) is 0 Å². The average molecular weight is 495 g/mol. The first-order valence-electron chi connectivity index (χ1n) is 10.8. The van der Waals surface area contributed by atoms with E-state index in [1.54, 1.807) is 30.4 Å². The highest BCUT2D eigenvalue weighted by molar-refractivity contribution is 7.98. The number of fused-ring (bicyclic) bond motifs is 1. The van der Waals surface area contributed by atoms with Crippen LogP contribution in [-0.2, 0) is 14.3 Å². The number of ether oxygens (including phenoxy) is 2. The highest BCUT2D eigenvalue weighted by Gasteiger charge is 2.33. The van der Waals surface area contributed by atoms with Crippen LogP contribution in [0.1, 0.15) is 29.7 Å². The Labute approximate surface area is 206 Å². The molecule has 0 N–H and O–H groups in total. The van der Waals surface area contributed by atoms with E-state index in [4.69, 9.17) is 9.47 Å². The van der Waals surface area contributed by atoms with Gasteiger partial charge >= 0.3 is 5.97 Å². The normalized spacial score (nSPS) is 15.8. The van der Waals surface area contributed by atoms with Crippen LogP contribution in [0.15, 0.2) is 74.5 Å². The van der Waals surface area contributed by atoms with Crippen molar-refractivity contribution in [1.82, 2.24) is 4.57 Å². The smallest absolute Gasteiger partial charge is 0.338 e. The van der Waals surface area contributed by atoms with Gasteiger partial charge in [-0.05, 0) is 49.4 Å². The van der Waals surface area contributed by atoms with Crippen molar-refractivity contribution in [2.45, 2.75) is 24.8 Å². The van der Waals surface area contributed by atoms with Crippen LogP contribution in [0, 0.1) is 6.92 Å². The molecule has 6 nitrogen and oxygen atoms in total. The van der Waals surface area contributed by atoms with Crippen molar-refractivity contribution in [2.75, 3.05) is 26.6 Å². The van der Waals surface area contributed by atoms with Crippen LogP contribution in [0.2, 0.25) is 0 Å². The lowest BCUT2D eigenvalue weighted by molar-refractivity contribution is -0.140. The van der Waals surface area contributed by atoms with Gasteiger partial charge in [0, 0.05) is 12.0 Å². The first kappa shape index (κ1) is 24.2. The number of hydrogen-bond donors (Lipinski definition) is 0. The molecule has 0 amide bonds. The molecule has 0 fully saturated rings. The zero-order valence-corrected chi connectivity index (χ0v) is 21.2.